The number of carbonyl (C=O) groups is 1. The fraction of sp³-hybridized carbons (Fsp3) is 0.300. The molecule has 26 heavy (non-hydrogen) atoms. The van der Waals surface area contributed by atoms with Gasteiger partial charge in [0.25, 0.3) is 5.91 Å². The van der Waals surface area contributed by atoms with Crippen LogP contribution in [0.1, 0.15) is 40.0 Å². The van der Waals surface area contributed by atoms with Gasteiger partial charge in [-0.1, -0.05) is 36.4 Å². The van der Waals surface area contributed by atoms with Crippen LogP contribution in [0.3, 0.4) is 0 Å². The van der Waals surface area contributed by atoms with Crippen LogP contribution in [0.15, 0.2) is 30.8 Å². The Balaban J connectivity index is 1.53. The molecule has 0 spiro atoms. The number of anilines is 1. The number of hydrogen-bond donors (Lipinski definition) is 2. The van der Waals surface area contributed by atoms with Crippen LogP contribution in [0.25, 0.3) is 5.70 Å². The van der Waals surface area contributed by atoms with E-state index in [2.05, 4.69) is 23.4 Å². The van der Waals surface area contributed by atoms with E-state index in [1.165, 1.54) is 16.2 Å². The van der Waals surface area contributed by atoms with Crippen LogP contribution in [-0.4, -0.2) is 12.5 Å². The summed E-state index contributed by atoms with van der Waals surface area (Å²) in [5, 5.41) is 12.9. The molecule has 1 aromatic carbocycles. The summed E-state index contributed by atoms with van der Waals surface area (Å²) < 4.78 is 0. The Labute approximate surface area is 157 Å². The molecule has 1 aromatic heterocycles. The predicted molar refractivity (Wildman–Crippen MR) is 104 cm³/mol. The van der Waals surface area contributed by atoms with Gasteiger partial charge in [0.1, 0.15) is 11.1 Å². The standard InChI is InChI=1S/C20H21N3O2S/c1-13-7-9-15(10-8-13)14(2)23-25-12-19(24)22-20-17(11-21)16-5-3-4-6-18(16)26-20/h7-10,23H,2-6,12H2,1H3,(H,22,24). The van der Waals surface area contributed by atoms with Crippen molar-refractivity contribution >= 4 is 27.9 Å². The van der Waals surface area contributed by atoms with Gasteiger partial charge in [0.15, 0.2) is 6.61 Å². The molecule has 0 aliphatic heterocycles. The Bertz CT molecular complexity index is 862. The Kier molecular flexibility index (Phi) is 5.71. The maximum absolute atomic E-state index is 12.1. The van der Waals surface area contributed by atoms with E-state index in [0.29, 0.717) is 16.3 Å². The lowest BCUT2D eigenvalue weighted by Crippen LogP contribution is -2.23. The van der Waals surface area contributed by atoms with Crippen molar-refractivity contribution in [2.45, 2.75) is 32.6 Å². The molecule has 0 bridgehead atoms. The summed E-state index contributed by atoms with van der Waals surface area (Å²) in [6, 6.07) is 10.1. The van der Waals surface area contributed by atoms with Gasteiger partial charge in [-0.15, -0.1) is 11.3 Å². The van der Waals surface area contributed by atoms with Crippen LogP contribution >= 0.6 is 11.3 Å². The number of benzene rings is 1. The number of amides is 1. The van der Waals surface area contributed by atoms with E-state index in [9.17, 15) is 10.1 Å². The minimum atomic E-state index is -0.302. The zero-order valence-electron chi connectivity index (χ0n) is 14.7. The molecule has 0 atom stereocenters. The van der Waals surface area contributed by atoms with Gasteiger partial charge in [0.2, 0.25) is 0 Å². The van der Waals surface area contributed by atoms with Crippen molar-refractivity contribution in [2.24, 2.45) is 0 Å². The van der Waals surface area contributed by atoms with E-state index in [-0.39, 0.29) is 12.5 Å². The van der Waals surface area contributed by atoms with Crippen molar-refractivity contribution in [3.63, 3.8) is 0 Å². The Morgan fingerprint density at radius 3 is 2.77 bits per heavy atom. The number of fused-ring (bicyclic) bond motifs is 1. The van der Waals surface area contributed by atoms with Crippen LogP contribution in [0.5, 0.6) is 0 Å². The summed E-state index contributed by atoms with van der Waals surface area (Å²) in [4.78, 5) is 18.6. The van der Waals surface area contributed by atoms with Crippen LogP contribution < -0.4 is 10.8 Å². The SMILES string of the molecule is C=C(NOCC(=O)Nc1sc2c(c1C#N)CCCC2)c1ccc(C)cc1. The molecule has 5 nitrogen and oxygen atoms in total. The predicted octanol–water partition coefficient (Wildman–Crippen LogP) is 3.94. The summed E-state index contributed by atoms with van der Waals surface area (Å²) in [6.45, 7) is 5.74. The van der Waals surface area contributed by atoms with Gasteiger partial charge in [0.05, 0.1) is 11.3 Å². The first-order chi connectivity index (χ1) is 12.6. The average Bonchev–Trinajstić information content (AvgIpc) is 2.99. The molecule has 1 amide bonds. The normalized spacial score (nSPS) is 12.8. The van der Waals surface area contributed by atoms with E-state index in [1.807, 2.05) is 31.2 Å². The molecule has 0 fully saturated rings. The number of carbonyl (C=O) groups excluding carboxylic acids is 1. The molecular formula is C20H21N3O2S. The number of hydrogen-bond acceptors (Lipinski definition) is 5. The van der Waals surface area contributed by atoms with Gasteiger partial charge in [0, 0.05) is 4.88 Å². The smallest absolute Gasteiger partial charge is 0.253 e. The Hall–Kier alpha value is -2.62. The fourth-order valence-corrected chi connectivity index (χ4v) is 4.19. The third kappa shape index (κ3) is 4.13. The Morgan fingerprint density at radius 2 is 2.04 bits per heavy atom. The van der Waals surface area contributed by atoms with Gasteiger partial charge in [-0.05, 0) is 43.7 Å². The monoisotopic (exact) mass is 367 g/mol. The number of thiophene rings is 1. The van der Waals surface area contributed by atoms with Crippen LogP contribution in [0, 0.1) is 18.3 Å². The third-order valence-electron chi connectivity index (χ3n) is 4.33. The highest BCUT2D eigenvalue weighted by molar-refractivity contribution is 7.16. The molecule has 2 N–H and O–H groups in total. The lowest BCUT2D eigenvalue weighted by molar-refractivity contribution is -0.122. The van der Waals surface area contributed by atoms with E-state index >= 15 is 0 Å². The highest BCUT2D eigenvalue weighted by Gasteiger charge is 2.21. The quantitative estimate of drug-likeness (QED) is 0.759. The summed E-state index contributed by atoms with van der Waals surface area (Å²) >= 11 is 1.50. The lowest BCUT2D eigenvalue weighted by atomic mass is 9.96. The molecular weight excluding hydrogens is 346 g/mol. The molecule has 1 aliphatic rings. The second-order valence-electron chi connectivity index (χ2n) is 6.31. The topological polar surface area (TPSA) is 74.2 Å². The van der Waals surface area contributed by atoms with Crippen LogP contribution in [-0.2, 0) is 22.5 Å². The maximum atomic E-state index is 12.1. The van der Waals surface area contributed by atoms with E-state index in [1.54, 1.807) is 0 Å². The molecule has 1 aliphatic carbocycles. The van der Waals surface area contributed by atoms with Crippen molar-refractivity contribution in [1.82, 2.24) is 5.48 Å². The zero-order valence-corrected chi connectivity index (χ0v) is 15.5. The van der Waals surface area contributed by atoms with Crippen molar-refractivity contribution in [2.75, 3.05) is 11.9 Å². The van der Waals surface area contributed by atoms with Gasteiger partial charge in [-0.2, -0.15) is 5.26 Å². The average molecular weight is 367 g/mol. The number of nitrogens with zero attached hydrogens (tertiary/aromatic N) is 1. The first-order valence-corrected chi connectivity index (χ1v) is 9.38. The highest BCUT2D eigenvalue weighted by atomic mass is 32.1. The third-order valence-corrected chi connectivity index (χ3v) is 5.54. The Morgan fingerprint density at radius 1 is 1.31 bits per heavy atom. The summed E-state index contributed by atoms with van der Waals surface area (Å²) in [6.07, 6.45) is 4.14. The molecule has 0 saturated carbocycles. The van der Waals surface area contributed by atoms with E-state index in [4.69, 9.17) is 4.84 Å². The number of hydroxylamine groups is 1. The zero-order chi connectivity index (χ0) is 18.5. The number of nitrogens with one attached hydrogen (secondary N) is 2. The fourth-order valence-electron chi connectivity index (χ4n) is 2.94. The van der Waals surface area contributed by atoms with Crippen LogP contribution in [0.2, 0.25) is 0 Å². The van der Waals surface area contributed by atoms with E-state index in [0.717, 1.165) is 42.4 Å². The van der Waals surface area contributed by atoms with Gasteiger partial charge >= 0.3 is 0 Å². The summed E-state index contributed by atoms with van der Waals surface area (Å²) in [7, 11) is 0. The van der Waals surface area contributed by atoms with E-state index < -0.39 is 0 Å². The lowest BCUT2D eigenvalue weighted by Gasteiger charge is -2.10. The molecule has 3 rings (SSSR count). The second kappa shape index (κ2) is 8.17. The number of nitriles is 1. The number of aryl methyl sites for hydroxylation is 2. The first-order valence-electron chi connectivity index (χ1n) is 8.56. The van der Waals surface area contributed by atoms with Crippen molar-refractivity contribution in [3.8, 4) is 6.07 Å². The molecule has 0 radical (unpaired) electrons. The van der Waals surface area contributed by atoms with Gasteiger partial charge < -0.3 is 5.32 Å². The molecule has 2 aromatic rings. The molecule has 1 heterocycles. The molecule has 134 valence electrons. The first kappa shape index (κ1) is 18.2. The highest BCUT2D eigenvalue weighted by Crippen LogP contribution is 2.37. The van der Waals surface area contributed by atoms with Crippen molar-refractivity contribution in [3.05, 3.63) is 58.0 Å². The van der Waals surface area contributed by atoms with Gasteiger partial charge in [-0.3, -0.25) is 15.1 Å². The minimum Gasteiger partial charge on any atom is -0.314 e. The largest absolute Gasteiger partial charge is 0.314 e. The summed E-state index contributed by atoms with van der Waals surface area (Å²) in [5.74, 6) is -0.302. The van der Waals surface area contributed by atoms with Crippen LogP contribution in [0.4, 0.5) is 5.00 Å². The molecule has 6 heteroatoms. The summed E-state index contributed by atoms with van der Waals surface area (Å²) in [5.41, 5.74) is 7.05. The number of rotatable bonds is 6. The second-order valence-corrected chi connectivity index (χ2v) is 7.42. The van der Waals surface area contributed by atoms with Gasteiger partial charge in [-0.25, -0.2) is 0 Å². The minimum absolute atomic E-state index is 0.168. The van der Waals surface area contributed by atoms with Crippen molar-refractivity contribution in [1.29, 1.82) is 5.26 Å². The maximum Gasteiger partial charge on any atom is 0.253 e. The molecule has 0 saturated heterocycles. The molecule has 0 unspecified atom stereocenters. The van der Waals surface area contributed by atoms with Crippen molar-refractivity contribution < 1.29 is 9.63 Å².